The first-order valence-corrected chi connectivity index (χ1v) is 10.4. The molecule has 0 saturated heterocycles. The van der Waals surface area contributed by atoms with Gasteiger partial charge in [0, 0.05) is 12.3 Å². The van der Waals surface area contributed by atoms with E-state index in [1.807, 2.05) is 22.4 Å². The number of benzene rings is 1. The highest BCUT2D eigenvalue weighted by molar-refractivity contribution is 8.13. The third-order valence-corrected chi connectivity index (χ3v) is 6.31. The molecule has 1 atom stereocenters. The SMILES string of the molecule is CCCCN1C(=O)c2sccc2N2C(SCc3cccc(F)c3)=NNC12. The molecule has 4 rings (SSSR count). The van der Waals surface area contributed by atoms with Crippen LogP contribution >= 0.6 is 23.1 Å². The average molecular weight is 391 g/mol. The maximum Gasteiger partial charge on any atom is 0.269 e. The van der Waals surface area contributed by atoms with Crippen molar-refractivity contribution >= 4 is 39.9 Å². The lowest BCUT2D eigenvalue weighted by Gasteiger charge is -2.39. The Bertz CT molecular complexity index is 853. The van der Waals surface area contributed by atoms with Gasteiger partial charge < -0.3 is 0 Å². The fourth-order valence-corrected chi connectivity index (χ4v) is 4.86. The number of rotatable bonds is 5. The number of nitrogens with one attached hydrogen (secondary N) is 1. The maximum atomic E-state index is 13.4. The molecule has 136 valence electrons. The van der Waals surface area contributed by atoms with Crippen molar-refractivity contribution in [2.45, 2.75) is 31.8 Å². The summed E-state index contributed by atoms with van der Waals surface area (Å²) in [6.07, 6.45) is 1.69. The van der Waals surface area contributed by atoms with E-state index < -0.39 is 0 Å². The summed E-state index contributed by atoms with van der Waals surface area (Å²) < 4.78 is 13.4. The number of thioether (sulfide) groups is 1. The molecule has 0 bridgehead atoms. The molecule has 8 heteroatoms. The zero-order valence-electron chi connectivity index (χ0n) is 14.3. The molecule has 0 aliphatic carbocycles. The van der Waals surface area contributed by atoms with Crippen LogP contribution in [0.15, 0.2) is 40.8 Å². The van der Waals surface area contributed by atoms with Crippen LogP contribution in [0.2, 0.25) is 0 Å². The summed E-state index contributed by atoms with van der Waals surface area (Å²) in [5.41, 5.74) is 4.91. The first-order chi connectivity index (χ1) is 12.7. The lowest BCUT2D eigenvalue weighted by atomic mass is 10.2. The van der Waals surface area contributed by atoms with Gasteiger partial charge in [-0.05, 0) is 35.6 Å². The van der Waals surface area contributed by atoms with Gasteiger partial charge in [-0.2, -0.15) is 5.10 Å². The summed E-state index contributed by atoms with van der Waals surface area (Å²) in [4.78, 5) is 17.5. The highest BCUT2D eigenvalue weighted by atomic mass is 32.2. The Morgan fingerprint density at radius 3 is 3.08 bits per heavy atom. The van der Waals surface area contributed by atoms with Gasteiger partial charge in [0.05, 0.1) is 5.69 Å². The van der Waals surface area contributed by atoms with Crippen molar-refractivity contribution in [3.63, 3.8) is 0 Å². The maximum absolute atomic E-state index is 13.4. The molecule has 0 radical (unpaired) electrons. The van der Waals surface area contributed by atoms with Crippen LogP contribution in [0.3, 0.4) is 0 Å². The Balaban J connectivity index is 1.56. The van der Waals surface area contributed by atoms with Crippen molar-refractivity contribution < 1.29 is 9.18 Å². The molecule has 1 amide bonds. The quantitative estimate of drug-likeness (QED) is 0.837. The van der Waals surface area contributed by atoms with Crippen LogP contribution in [-0.2, 0) is 5.75 Å². The Labute approximate surface area is 159 Å². The van der Waals surface area contributed by atoms with Crippen LogP contribution in [0.1, 0.15) is 35.0 Å². The van der Waals surface area contributed by atoms with Gasteiger partial charge in [0.2, 0.25) is 6.29 Å². The van der Waals surface area contributed by atoms with Gasteiger partial charge in [-0.3, -0.25) is 20.0 Å². The number of nitrogens with zero attached hydrogens (tertiary/aromatic N) is 3. The van der Waals surface area contributed by atoms with E-state index >= 15 is 0 Å². The molecule has 2 aliphatic heterocycles. The molecule has 2 aliphatic rings. The van der Waals surface area contributed by atoms with Gasteiger partial charge in [0.15, 0.2) is 5.17 Å². The fraction of sp³-hybridized carbons (Fsp3) is 0.333. The van der Waals surface area contributed by atoms with E-state index in [2.05, 4.69) is 22.4 Å². The minimum Gasteiger partial charge on any atom is -0.298 e. The van der Waals surface area contributed by atoms with Crippen molar-refractivity contribution in [2.24, 2.45) is 5.10 Å². The van der Waals surface area contributed by atoms with Crippen molar-refractivity contribution in [2.75, 3.05) is 11.4 Å². The van der Waals surface area contributed by atoms with Gasteiger partial charge in [-0.1, -0.05) is 37.2 Å². The molecule has 0 fully saturated rings. The van der Waals surface area contributed by atoms with Gasteiger partial charge in [0.1, 0.15) is 10.7 Å². The lowest BCUT2D eigenvalue weighted by molar-refractivity contribution is 0.0644. The van der Waals surface area contributed by atoms with Gasteiger partial charge in [-0.15, -0.1) is 11.3 Å². The number of carbonyl (C=O) groups excluding carboxylic acids is 1. The van der Waals surface area contributed by atoms with Gasteiger partial charge >= 0.3 is 0 Å². The number of halogens is 1. The van der Waals surface area contributed by atoms with E-state index in [4.69, 9.17) is 0 Å². The number of hydrogen-bond acceptors (Lipinski definition) is 6. The standard InChI is InChI=1S/C18H19FN4OS2/c1-2-3-8-22-16(24)15-14(7-9-25-15)23-17(22)20-21-18(23)26-11-12-5-4-6-13(19)10-12/h4-7,9-10,17,20H,2-3,8,11H2,1H3. The molecule has 26 heavy (non-hydrogen) atoms. The molecule has 0 spiro atoms. The van der Waals surface area contributed by atoms with E-state index in [9.17, 15) is 9.18 Å². The van der Waals surface area contributed by atoms with E-state index in [1.165, 1.54) is 35.2 Å². The number of fused-ring (bicyclic) bond motifs is 3. The average Bonchev–Trinajstić information content (AvgIpc) is 3.27. The Hall–Kier alpha value is -2.06. The second-order valence-electron chi connectivity index (χ2n) is 6.17. The highest BCUT2D eigenvalue weighted by Gasteiger charge is 2.43. The molecule has 2 aromatic rings. The van der Waals surface area contributed by atoms with Gasteiger partial charge in [-0.25, -0.2) is 4.39 Å². The van der Waals surface area contributed by atoms with Crippen LogP contribution < -0.4 is 10.3 Å². The monoisotopic (exact) mass is 390 g/mol. The first-order valence-electron chi connectivity index (χ1n) is 8.57. The fourth-order valence-electron chi connectivity index (χ4n) is 3.10. The van der Waals surface area contributed by atoms with Crippen LogP contribution in [0.25, 0.3) is 0 Å². The summed E-state index contributed by atoms with van der Waals surface area (Å²) in [6, 6.07) is 8.56. The molecular formula is C18H19FN4OS2. The number of hydrogen-bond donors (Lipinski definition) is 1. The van der Waals surface area contributed by atoms with E-state index in [0.717, 1.165) is 34.1 Å². The van der Waals surface area contributed by atoms with Crippen molar-refractivity contribution in [1.82, 2.24) is 10.3 Å². The summed E-state index contributed by atoms with van der Waals surface area (Å²) in [5, 5.41) is 7.20. The van der Waals surface area contributed by atoms with Crippen LogP contribution in [-0.4, -0.2) is 28.8 Å². The van der Waals surface area contributed by atoms with E-state index in [-0.39, 0.29) is 18.0 Å². The largest absolute Gasteiger partial charge is 0.298 e. The number of carbonyl (C=O) groups is 1. The van der Waals surface area contributed by atoms with Crippen molar-refractivity contribution in [1.29, 1.82) is 0 Å². The molecular weight excluding hydrogens is 371 g/mol. The summed E-state index contributed by atoms with van der Waals surface area (Å²) in [6.45, 7) is 2.81. The summed E-state index contributed by atoms with van der Waals surface area (Å²) >= 11 is 3.00. The second kappa shape index (κ2) is 7.28. The topological polar surface area (TPSA) is 47.9 Å². The molecule has 1 N–H and O–H groups in total. The van der Waals surface area contributed by atoms with Gasteiger partial charge in [0.25, 0.3) is 5.91 Å². The van der Waals surface area contributed by atoms with Crippen molar-refractivity contribution in [3.05, 3.63) is 52.0 Å². The highest BCUT2D eigenvalue weighted by Crippen LogP contribution is 2.38. The van der Waals surface area contributed by atoms with E-state index in [1.54, 1.807) is 6.07 Å². The van der Waals surface area contributed by atoms with Crippen molar-refractivity contribution in [3.8, 4) is 0 Å². The first kappa shape index (κ1) is 17.4. The number of anilines is 1. The molecule has 0 saturated carbocycles. The zero-order chi connectivity index (χ0) is 18.1. The zero-order valence-corrected chi connectivity index (χ0v) is 15.9. The Morgan fingerprint density at radius 1 is 1.38 bits per heavy atom. The molecule has 1 aromatic carbocycles. The number of thiophene rings is 1. The lowest BCUT2D eigenvalue weighted by Crippen LogP contribution is -2.58. The minimum absolute atomic E-state index is 0.0591. The molecule has 5 nitrogen and oxygen atoms in total. The predicted octanol–water partition coefficient (Wildman–Crippen LogP) is 4.04. The normalized spacial score (nSPS) is 18.5. The predicted molar refractivity (Wildman–Crippen MR) is 105 cm³/mol. The van der Waals surface area contributed by atoms with Crippen LogP contribution in [0, 0.1) is 5.82 Å². The molecule has 3 heterocycles. The summed E-state index contributed by atoms with van der Waals surface area (Å²) in [7, 11) is 0. The third kappa shape index (κ3) is 3.07. The number of amides is 1. The second-order valence-corrected chi connectivity index (χ2v) is 8.03. The Kier molecular flexibility index (Phi) is 4.86. The summed E-state index contributed by atoms with van der Waals surface area (Å²) in [5.74, 6) is 0.440. The van der Waals surface area contributed by atoms with Crippen LogP contribution in [0.5, 0.6) is 0 Å². The number of hydrazone groups is 1. The minimum atomic E-state index is -0.286. The molecule has 1 aromatic heterocycles. The smallest absolute Gasteiger partial charge is 0.269 e. The van der Waals surface area contributed by atoms with Crippen LogP contribution in [0.4, 0.5) is 10.1 Å². The number of unbranched alkanes of at least 4 members (excludes halogenated alkanes) is 1. The third-order valence-electron chi connectivity index (χ3n) is 4.39. The molecule has 1 unspecified atom stereocenters. The van der Waals surface area contributed by atoms with E-state index in [0.29, 0.717) is 12.3 Å². The Morgan fingerprint density at radius 2 is 2.27 bits per heavy atom. The number of amidine groups is 1.